The minimum absolute atomic E-state index is 0.0265. The Morgan fingerprint density at radius 2 is 1.56 bits per heavy atom. The zero-order valence-corrected chi connectivity index (χ0v) is 21.5. The summed E-state index contributed by atoms with van der Waals surface area (Å²) in [5.41, 5.74) is 0.190. The van der Waals surface area contributed by atoms with Gasteiger partial charge in [0, 0.05) is 11.8 Å². The first-order valence-corrected chi connectivity index (χ1v) is 11.6. The molecule has 4 rings (SSSR count). The van der Waals surface area contributed by atoms with Crippen LogP contribution in [0.25, 0.3) is 5.76 Å². The van der Waals surface area contributed by atoms with Crippen LogP contribution in [0.4, 0.5) is 18.9 Å². The van der Waals surface area contributed by atoms with E-state index in [0.717, 1.165) is 17.0 Å². The molecule has 1 fully saturated rings. The highest BCUT2D eigenvalue weighted by molar-refractivity contribution is 6.51. The summed E-state index contributed by atoms with van der Waals surface area (Å²) in [6, 6.07) is 12.4. The topological polar surface area (TPSA) is 94.5 Å². The van der Waals surface area contributed by atoms with Gasteiger partial charge in [0.25, 0.3) is 11.7 Å². The predicted octanol–water partition coefficient (Wildman–Crippen LogP) is 5.89. The second-order valence-corrected chi connectivity index (χ2v) is 8.58. The standard InChI is InChI=1S/C27H21ClF3NO7/c1-36-17-6-4-5-14(11-17)23-22(24(33)18-12-21(38-3)19(28)13-20(18)37-2)25(34)26(35)32(23)15-7-9-16(10-8-15)39-27(29,30)31/h4-13,23,33H,1-3H3/b24-22+. The molecule has 0 bridgehead atoms. The van der Waals surface area contributed by atoms with Gasteiger partial charge in [-0.1, -0.05) is 23.7 Å². The second-order valence-electron chi connectivity index (χ2n) is 8.17. The SMILES string of the molecule is COc1cccc(C2/C(=C(\O)c3cc(OC)c(Cl)cc3OC)C(=O)C(=O)N2c2ccc(OC(F)(F)F)cc2)c1. The van der Waals surface area contributed by atoms with Crippen LogP contribution in [0.15, 0.2) is 66.2 Å². The molecule has 1 N–H and O–H groups in total. The fourth-order valence-corrected chi connectivity index (χ4v) is 4.46. The number of Topliss-reactive ketones (excluding diaryl/α,β-unsaturated/α-hetero) is 1. The molecule has 1 saturated heterocycles. The number of hydrogen-bond acceptors (Lipinski definition) is 7. The molecule has 1 amide bonds. The van der Waals surface area contributed by atoms with Gasteiger partial charge in [0.1, 0.15) is 28.8 Å². The van der Waals surface area contributed by atoms with Gasteiger partial charge in [-0.25, -0.2) is 0 Å². The van der Waals surface area contributed by atoms with Crippen molar-refractivity contribution in [3.63, 3.8) is 0 Å². The molecule has 1 aliphatic heterocycles. The van der Waals surface area contributed by atoms with Crippen molar-refractivity contribution in [3.05, 3.63) is 82.4 Å². The monoisotopic (exact) mass is 563 g/mol. The van der Waals surface area contributed by atoms with Gasteiger partial charge in [-0.2, -0.15) is 0 Å². The van der Waals surface area contributed by atoms with Crippen LogP contribution in [0.1, 0.15) is 17.2 Å². The van der Waals surface area contributed by atoms with Gasteiger partial charge in [0.2, 0.25) is 0 Å². The van der Waals surface area contributed by atoms with E-state index in [-0.39, 0.29) is 33.3 Å². The number of alkyl halides is 3. The molecule has 0 radical (unpaired) electrons. The Hall–Kier alpha value is -4.38. The maximum Gasteiger partial charge on any atom is 0.573 e. The number of carbonyl (C=O) groups excluding carboxylic acids is 2. The summed E-state index contributed by atoms with van der Waals surface area (Å²) in [5, 5.41) is 11.6. The molecule has 1 atom stereocenters. The Labute approximate surface area is 225 Å². The molecule has 1 aliphatic rings. The maximum atomic E-state index is 13.4. The number of hydrogen-bond donors (Lipinski definition) is 1. The van der Waals surface area contributed by atoms with E-state index in [9.17, 15) is 27.9 Å². The summed E-state index contributed by atoms with van der Waals surface area (Å²) < 4.78 is 57.7. The van der Waals surface area contributed by atoms with Crippen LogP contribution in [0, 0.1) is 0 Å². The van der Waals surface area contributed by atoms with E-state index < -0.39 is 35.6 Å². The van der Waals surface area contributed by atoms with Crippen molar-refractivity contribution >= 4 is 34.7 Å². The van der Waals surface area contributed by atoms with Gasteiger partial charge in [-0.05, 0) is 48.0 Å². The van der Waals surface area contributed by atoms with Crippen LogP contribution in [0.3, 0.4) is 0 Å². The van der Waals surface area contributed by atoms with Gasteiger partial charge in [0.05, 0.1) is 43.5 Å². The van der Waals surface area contributed by atoms with E-state index in [4.69, 9.17) is 25.8 Å². The minimum Gasteiger partial charge on any atom is -0.507 e. The van der Waals surface area contributed by atoms with Gasteiger partial charge in [-0.15, -0.1) is 13.2 Å². The molecular formula is C27H21ClF3NO7. The van der Waals surface area contributed by atoms with E-state index in [0.29, 0.717) is 11.3 Å². The normalized spacial score (nSPS) is 16.8. The fraction of sp³-hybridized carbons (Fsp3) is 0.185. The predicted molar refractivity (Wildman–Crippen MR) is 135 cm³/mol. The highest BCUT2D eigenvalue weighted by Crippen LogP contribution is 2.45. The van der Waals surface area contributed by atoms with Crippen molar-refractivity contribution in [1.29, 1.82) is 0 Å². The molecule has 0 aliphatic carbocycles. The summed E-state index contributed by atoms with van der Waals surface area (Å²) in [5.74, 6) is -2.47. The summed E-state index contributed by atoms with van der Waals surface area (Å²) >= 11 is 6.18. The van der Waals surface area contributed by atoms with Crippen molar-refractivity contribution in [2.45, 2.75) is 12.4 Å². The number of benzene rings is 3. The molecule has 3 aromatic rings. The van der Waals surface area contributed by atoms with Gasteiger partial charge >= 0.3 is 6.36 Å². The smallest absolute Gasteiger partial charge is 0.507 e. The molecule has 0 saturated carbocycles. The van der Waals surface area contributed by atoms with Crippen LogP contribution in [-0.2, 0) is 9.59 Å². The maximum absolute atomic E-state index is 13.4. The number of ketones is 1. The quantitative estimate of drug-likeness (QED) is 0.218. The number of amides is 1. The zero-order chi connectivity index (χ0) is 28.5. The number of carbonyl (C=O) groups is 2. The van der Waals surface area contributed by atoms with E-state index in [1.165, 1.54) is 45.6 Å². The summed E-state index contributed by atoms with van der Waals surface area (Å²) in [4.78, 5) is 27.8. The third-order valence-corrected chi connectivity index (χ3v) is 6.23. The largest absolute Gasteiger partial charge is 0.573 e. The van der Waals surface area contributed by atoms with Crippen LogP contribution in [0.2, 0.25) is 5.02 Å². The highest BCUT2D eigenvalue weighted by atomic mass is 35.5. The lowest BCUT2D eigenvalue weighted by Crippen LogP contribution is -2.29. The number of methoxy groups -OCH3 is 3. The van der Waals surface area contributed by atoms with E-state index in [1.54, 1.807) is 24.3 Å². The Kier molecular flexibility index (Phi) is 7.64. The third-order valence-electron chi connectivity index (χ3n) is 5.93. The van der Waals surface area contributed by atoms with E-state index in [1.807, 2.05) is 0 Å². The Morgan fingerprint density at radius 3 is 2.15 bits per heavy atom. The van der Waals surface area contributed by atoms with Crippen LogP contribution >= 0.6 is 11.6 Å². The first-order valence-electron chi connectivity index (χ1n) is 11.2. The molecule has 12 heteroatoms. The molecule has 39 heavy (non-hydrogen) atoms. The van der Waals surface area contributed by atoms with Crippen molar-refractivity contribution in [2.75, 3.05) is 26.2 Å². The molecule has 3 aromatic carbocycles. The molecule has 8 nitrogen and oxygen atoms in total. The van der Waals surface area contributed by atoms with Crippen molar-refractivity contribution in [2.24, 2.45) is 0 Å². The Balaban J connectivity index is 1.93. The second kappa shape index (κ2) is 10.8. The third kappa shape index (κ3) is 5.44. The number of ether oxygens (including phenoxy) is 4. The van der Waals surface area contributed by atoms with Gasteiger partial charge in [-0.3, -0.25) is 14.5 Å². The lowest BCUT2D eigenvalue weighted by atomic mass is 9.94. The summed E-state index contributed by atoms with van der Waals surface area (Å²) in [6.07, 6.45) is -4.91. The lowest BCUT2D eigenvalue weighted by Gasteiger charge is -2.26. The van der Waals surface area contributed by atoms with Crippen molar-refractivity contribution in [1.82, 2.24) is 0 Å². The number of rotatable bonds is 7. The number of nitrogens with zero attached hydrogens (tertiary/aromatic N) is 1. The van der Waals surface area contributed by atoms with Crippen molar-refractivity contribution < 1.29 is 46.8 Å². The van der Waals surface area contributed by atoms with E-state index >= 15 is 0 Å². The number of halogens is 4. The first-order chi connectivity index (χ1) is 18.5. The van der Waals surface area contributed by atoms with Crippen LogP contribution < -0.4 is 23.8 Å². The van der Waals surface area contributed by atoms with Crippen LogP contribution in [0.5, 0.6) is 23.0 Å². The number of aliphatic hydroxyl groups excluding tert-OH is 1. The van der Waals surface area contributed by atoms with E-state index in [2.05, 4.69) is 4.74 Å². The lowest BCUT2D eigenvalue weighted by molar-refractivity contribution is -0.274. The highest BCUT2D eigenvalue weighted by Gasteiger charge is 2.47. The summed E-state index contributed by atoms with van der Waals surface area (Å²) in [7, 11) is 4.12. The Morgan fingerprint density at radius 1 is 0.897 bits per heavy atom. The molecule has 1 heterocycles. The zero-order valence-electron chi connectivity index (χ0n) is 20.7. The van der Waals surface area contributed by atoms with Crippen molar-refractivity contribution in [3.8, 4) is 23.0 Å². The molecule has 0 spiro atoms. The molecule has 0 aromatic heterocycles. The van der Waals surface area contributed by atoms with Gasteiger partial charge < -0.3 is 24.1 Å². The number of anilines is 1. The van der Waals surface area contributed by atoms with Crippen LogP contribution in [-0.4, -0.2) is 44.5 Å². The summed E-state index contributed by atoms with van der Waals surface area (Å²) in [6.45, 7) is 0. The van der Waals surface area contributed by atoms with Gasteiger partial charge in [0.15, 0.2) is 0 Å². The average molecular weight is 564 g/mol. The molecule has 204 valence electrons. The number of aliphatic hydroxyl groups is 1. The molecule has 1 unspecified atom stereocenters. The first kappa shape index (κ1) is 27.6. The average Bonchev–Trinajstić information content (AvgIpc) is 3.17. The minimum atomic E-state index is -4.91. The Bertz CT molecular complexity index is 1450. The fourth-order valence-electron chi connectivity index (χ4n) is 4.22. The molecular weight excluding hydrogens is 543 g/mol.